The Hall–Kier alpha value is -1.75. The third-order valence-electron chi connectivity index (χ3n) is 6.31. The first-order valence-electron chi connectivity index (χ1n) is 10.1. The Morgan fingerprint density at radius 2 is 2.22 bits per heavy atom. The lowest BCUT2D eigenvalue weighted by molar-refractivity contribution is -0.119. The molecule has 3 aliphatic rings. The van der Waals surface area contributed by atoms with Gasteiger partial charge in [-0.2, -0.15) is 0 Å². The van der Waals surface area contributed by atoms with E-state index in [1.807, 2.05) is 12.1 Å². The number of guanidine groups is 1. The summed E-state index contributed by atoms with van der Waals surface area (Å²) in [7, 11) is 0. The second-order valence-corrected chi connectivity index (χ2v) is 8.88. The van der Waals surface area contributed by atoms with Crippen LogP contribution in [0.5, 0.6) is 0 Å². The maximum atomic E-state index is 11.8. The molecule has 27 heavy (non-hydrogen) atoms. The maximum absolute atomic E-state index is 11.8. The van der Waals surface area contributed by atoms with Gasteiger partial charge in [0.1, 0.15) is 0 Å². The number of nitrogens with one attached hydrogen (secondary N) is 2. The summed E-state index contributed by atoms with van der Waals surface area (Å²) >= 11 is 6.20. The Bertz CT molecular complexity index is 745. The number of benzene rings is 1. The lowest BCUT2D eigenvalue weighted by Crippen LogP contribution is -2.51. The van der Waals surface area contributed by atoms with Gasteiger partial charge in [0.05, 0.1) is 6.54 Å². The van der Waals surface area contributed by atoms with E-state index >= 15 is 0 Å². The topological polar surface area (TPSA) is 56.7 Å². The van der Waals surface area contributed by atoms with E-state index < -0.39 is 0 Å². The number of likely N-dealkylation sites (tertiary alicyclic amines) is 1. The van der Waals surface area contributed by atoms with Crippen molar-refractivity contribution in [2.24, 2.45) is 10.4 Å². The van der Waals surface area contributed by atoms with Crippen LogP contribution in [0.3, 0.4) is 0 Å². The average molecular weight is 389 g/mol. The fraction of sp³-hybridized carbons (Fsp3) is 0.619. The fourth-order valence-electron chi connectivity index (χ4n) is 4.59. The molecule has 2 saturated heterocycles. The summed E-state index contributed by atoms with van der Waals surface area (Å²) in [5, 5.41) is 7.30. The van der Waals surface area contributed by atoms with E-state index in [-0.39, 0.29) is 16.7 Å². The molecule has 4 rings (SSSR count). The van der Waals surface area contributed by atoms with E-state index in [4.69, 9.17) is 16.6 Å². The molecule has 2 heterocycles. The highest BCUT2D eigenvalue weighted by atomic mass is 35.5. The van der Waals surface area contributed by atoms with Gasteiger partial charge >= 0.3 is 0 Å². The molecule has 1 amide bonds. The molecule has 6 heteroatoms. The van der Waals surface area contributed by atoms with Gasteiger partial charge in [0.25, 0.3) is 0 Å². The van der Waals surface area contributed by atoms with E-state index in [1.54, 1.807) is 0 Å². The van der Waals surface area contributed by atoms with Gasteiger partial charge in [0.2, 0.25) is 5.91 Å². The minimum Gasteiger partial charge on any atom is -0.357 e. The van der Waals surface area contributed by atoms with Gasteiger partial charge in [0, 0.05) is 48.5 Å². The van der Waals surface area contributed by atoms with Crippen LogP contribution in [-0.2, 0) is 10.2 Å². The number of carbonyl (C=O) groups is 1. The SMILES string of the molecule is CCNC(=NCC1(c2cccc(Cl)c2)CC1)N1CCCC2(CNC(=O)C2)C1. The Morgan fingerprint density at radius 1 is 1.37 bits per heavy atom. The van der Waals surface area contributed by atoms with Gasteiger partial charge in [-0.05, 0) is 50.3 Å². The van der Waals surface area contributed by atoms with Crippen molar-refractivity contribution in [1.82, 2.24) is 15.5 Å². The molecule has 1 spiro atoms. The number of piperidine rings is 1. The Morgan fingerprint density at radius 3 is 2.89 bits per heavy atom. The molecule has 0 bridgehead atoms. The molecule has 1 aromatic rings. The molecule has 146 valence electrons. The number of hydrogen-bond acceptors (Lipinski definition) is 2. The molecule has 3 fully saturated rings. The van der Waals surface area contributed by atoms with Crippen LogP contribution in [0.2, 0.25) is 5.02 Å². The number of hydrogen-bond donors (Lipinski definition) is 2. The molecule has 1 aliphatic carbocycles. The van der Waals surface area contributed by atoms with E-state index in [9.17, 15) is 4.79 Å². The Labute approximate surface area is 166 Å². The number of aliphatic imine (C=N–C) groups is 1. The number of rotatable bonds is 4. The van der Waals surface area contributed by atoms with Crippen LogP contribution in [0.25, 0.3) is 0 Å². The van der Waals surface area contributed by atoms with Crippen LogP contribution in [0.15, 0.2) is 29.3 Å². The summed E-state index contributed by atoms with van der Waals surface area (Å²) in [5.74, 6) is 1.18. The highest BCUT2D eigenvalue weighted by Crippen LogP contribution is 2.49. The van der Waals surface area contributed by atoms with Crippen molar-refractivity contribution in [2.75, 3.05) is 32.7 Å². The molecule has 2 aliphatic heterocycles. The molecule has 1 unspecified atom stereocenters. The Kier molecular flexibility index (Phi) is 5.06. The third kappa shape index (κ3) is 3.93. The van der Waals surface area contributed by atoms with Gasteiger partial charge in [-0.3, -0.25) is 9.79 Å². The first-order valence-corrected chi connectivity index (χ1v) is 10.5. The maximum Gasteiger partial charge on any atom is 0.220 e. The van der Waals surface area contributed by atoms with Crippen LogP contribution in [-0.4, -0.2) is 49.5 Å². The summed E-state index contributed by atoms with van der Waals surface area (Å²) in [5.41, 5.74) is 1.52. The van der Waals surface area contributed by atoms with Crippen LogP contribution in [0, 0.1) is 5.41 Å². The summed E-state index contributed by atoms with van der Waals surface area (Å²) in [6.45, 7) is 6.46. The molecule has 5 nitrogen and oxygen atoms in total. The largest absolute Gasteiger partial charge is 0.357 e. The number of nitrogens with zero attached hydrogens (tertiary/aromatic N) is 2. The molecular weight excluding hydrogens is 360 g/mol. The van der Waals surface area contributed by atoms with Gasteiger partial charge < -0.3 is 15.5 Å². The van der Waals surface area contributed by atoms with Crippen LogP contribution in [0.4, 0.5) is 0 Å². The molecule has 0 aromatic heterocycles. The van der Waals surface area contributed by atoms with Gasteiger partial charge in [-0.25, -0.2) is 0 Å². The predicted octanol–water partition coefficient (Wildman–Crippen LogP) is 2.94. The quantitative estimate of drug-likeness (QED) is 0.616. The minimum absolute atomic E-state index is 0.0791. The van der Waals surface area contributed by atoms with Crippen molar-refractivity contribution in [2.45, 2.75) is 44.4 Å². The zero-order chi connectivity index (χ0) is 18.9. The number of halogens is 1. The van der Waals surface area contributed by atoms with E-state index in [1.165, 1.54) is 18.4 Å². The highest BCUT2D eigenvalue weighted by molar-refractivity contribution is 6.30. The summed E-state index contributed by atoms with van der Waals surface area (Å²) in [6, 6.07) is 8.22. The first-order chi connectivity index (χ1) is 13.0. The lowest BCUT2D eigenvalue weighted by atomic mass is 9.79. The molecule has 1 atom stereocenters. The van der Waals surface area contributed by atoms with Crippen molar-refractivity contribution in [3.05, 3.63) is 34.9 Å². The summed E-state index contributed by atoms with van der Waals surface area (Å²) in [6.07, 6.45) is 5.21. The molecule has 1 saturated carbocycles. The first kappa shape index (κ1) is 18.6. The average Bonchev–Trinajstić information content (AvgIpc) is 3.37. The van der Waals surface area contributed by atoms with Crippen molar-refractivity contribution in [3.8, 4) is 0 Å². The highest BCUT2D eigenvalue weighted by Gasteiger charge is 2.45. The molecule has 1 aromatic carbocycles. The zero-order valence-electron chi connectivity index (χ0n) is 16.1. The zero-order valence-corrected chi connectivity index (χ0v) is 16.8. The second-order valence-electron chi connectivity index (χ2n) is 8.44. The molecular formula is C21H29ClN4O. The molecule has 0 radical (unpaired) electrons. The standard InChI is InChI=1S/C21H29ClN4O/c1-2-23-19(26-10-4-7-20(15-26)12-18(27)24-13-20)25-14-21(8-9-21)16-5-3-6-17(22)11-16/h3,5-6,11H,2,4,7-10,12-15H2,1H3,(H,23,25)(H,24,27). The van der Waals surface area contributed by atoms with E-state index in [2.05, 4.69) is 34.6 Å². The minimum atomic E-state index is 0.0791. The number of carbonyl (C=O) groups excluding carboxylic acids is 1. The van der Waals surface area contributed by atoms with Crippen LogP contribution < -0.4 is 10.6 Å². The van der Waals surface area contributed by atoms with Crippen molar-refractivity contribution < 1.29 is 4.79 Å². The fourth-order valence-corrected chi connectivity index (χ4v) is 4.78. The van der Waals surface area contributed by atoms with Gasteiger partial charge in [-0.15, -0.1) is 0 Å². The van der Waals surface area contributed by atoms with Gasteiger partial charge in [0.15, 0.2) is 5.96 Å². The monoisotopic (exact) mass is 388 g/mol. The lowest BCUT2D eigenvalue weighted by Gasteiger charge is -2.41. The van der Waals surface area contributed by atoms with Crippen LogP contribution >= 0.6 is 11.6 Å². The van der Waals surface area contributed by atoms with E-state index in [0.29, 0.717) is 6.42 Å². The number of amides is 1. The van der Waals surface area contributed by atoms with Crippen molar-refractivity contribution >= 4 is 23.5 Å². The van der Waals surface area contributed by atoms with E-state index in [0.717, 1.165) is 56.5 Å². The second kappa shape index (κ2) is 7.34. The van der Waals surface area contributed by atoms with Crippen LogP contribution in [0.1, 0.15) is 44.6 Å². The van der Waals surface area contributed by atoms with Gasteiger partial charge in [-0.1, -0.05) is 23.7 Å². The smallest absolute Gasteiger partial charge is 0.220 e. The summed E-state index contributed by atoms with van der Waals surface area (Å²) < 4.78 is 0. The normalized spacial score (nSPS) is 27.0. The summed E-state index contributed by atoms with van der Waals surface area (Å²) in [4.78, 5) is 19.2. The van der Waals surface area contributed by atoms with Crippen molar-refractivity contribution in [1.29, 1.82) is 0 Å². The van der Waals surface area contributed by atoms with Crippen molar-refractivity contribution in [3.63, 3.8) is 0 Å². The third-order valence-corrected chi connectivity index (χ3v) is 6.55. The Balaban J connectivity index is 1.50. The predicted molar refractivity (Wildman–Crippen MR) is 109 cm³/mol. The molecule has 2 N–H and O–H groups in total.